The van der Waals surface area contributed by atoms with Crippen LogP contribution in [-0.2, 0) is 23.8 Å². The zero-order valence-corrected chi connectivity index (χ0v) is 23.5. The maximum Gasteiger partial charge on any atom is 0.222 e. The topological polar surface area (TPSA) is 138 Å². The summed E-state index contributed by atoms with van der Waals surface area (Å²) in [6, 6.07) is -0.741. The summed E-state index contributed by atoms with van der Waals surface area (Å²) < 4.78 is 17.7. The molecule has 4 N–H and O–H groups in total. The molecule has 2 amide bonds. The van der Waals surface area contributed by atoms with Gasteiger partial charge in [-0.25, -0.2) is 0 Å². The standard InChI is InChI=1S/C29H50N2O8/c1-19(33)30-26-28(36)27(35)24(17-32)39-29(26)37-15-4-2-3-13-25(34)31-14-7-11-22(31)18-38-23-12-6-10-21(16-23)20-8-5-9-20/h20-24,26-29,32,35-36H,2-18H2,1H3,(H,30,33)/t21?,22-,23?,24?,26?,27?,28?,29?/m0/s1. The van der Waals surface area contributed by atoms with Gasteiger partial charge in [0.05, 0.1) is 25.4 Å². The van der Waals surface area contributed by atoms with E-state index >= 15 is 0 Å². The molecule has 4 rings (SSSR count). The molecule has 4 aliphatic rings. The summed E-state index contributed by atoms with van der Waals surface area (Å²) in [5.74, 6) is 1.59. The van der Waals surface area contributed by atoms with E-state index < -0.39 is 37.3 Å². The lowest BCUT2D eigenvalue weighted by Gasteiger charge is -2.42. The van der Waals surface area contributed by atoms with Gasteiger partial charge in [0.25, 0.3) is 0 Å². The molecule has 8 atom stereocenters. The molecule has 0 radical (unpaired) electrons. The molecule has 39 heavy (non-hydrogen) atoms. The lowest BCUT2D eigenvalue weighted by molar-refractivity contribution is -0.270. The Labute approximate surface area is 232 Å². The van der Waals surface area contributed by atoms with E-state index in [1.54, 1.807) is 0 Å². The third-order valence-corrected chi connectivity index (χ3v) is 9.27. The molecule has 10 nitrogen and oxygen atoms in total. The van der Waals surface area contributed by atoms with Crippen molar-refractivity contribution in [2.24, 2.45) is 11.8 Å². The van der Waals surface area contributed by atoms with Crippen LogP contribution in [0.4, 0.5) is 0 Å². The summed E-state index contributed by atoms with van der Waals surface area (Å²) in [6.07, 6.45) is 9.69. The number of aliphatic hydroxyl groups excluding tert-OH is 3. The van der Waals surface area contributed by atoms with Gasteiger partial charge in [0.2, 0.25) is 11.8 Å². The van der Waals surface area contributed by atoms with Crippen molar-refractivity contribution in [1.82, 2.24) is 10.2 Å². The Morgan fingerprint density at radius 3 is 2.44 bits per heavy atom. The molecule has 0 spiro atoms. The highest BCUT2D eigenvalue weighted by Gasteiger charge is 2.45. The average molecular weight is 555 g/mol. The van der Waals surface area contributed by atoms with Crippen LogP contribution in [0.5, 0.6) is 0 Å². The lowest BCUT2D eigenvalue weighted by Crippen LogP contribution is -2.64. The first-order valence-electron chi connectivity index (χ1n) is 15.3. The van der Waals surface area contributed by atoms with Gasteiger partial charge in [0.15, 0.2) is 6.29 Å². The Balaban J connectivity index is 1.12. The number of carbonyl (C=O) groups excluding carboxylic acids is 2. The summed E-state index contributed by atoms with van der Waals surface area (Å²) in [7, 11) is 0. The number of likely N-dealkylation sites (tertiary alicyclic amines) is 1. The summed E-state index contributed by atoms with van der Waals surface area (Å²) in [6.45, 7) is 2.61. The molecule has 0 aromatic heterocycles. The van der Waals surface area contributed by atoms with Crippen molar-refractivity contribution >= 4 is 11.8 Å². The van der Waals surface area contributed by atoms with Crippen molar-refractivity contribution < 1.29 is 39.1 Å². The second-order valence-corrected chi connectivity index (χ2v) is 12.1. The van der Waals surface area contributed by atoms with Crippen LogP contribution in [0.1, 0.15) is 90.4 Å². The maximum atomic E-state index is 13.0. The third kappa shape index (κ3) is 8.36. The number of amides is 2. The fraction of sp³-hybridized carbons (Fsp3) is 0.931. The van der Waals surface area contributed by atoms with E-state index in [9.17, 15) is 24.9 Å². The molecule has 2 saturated heterocycles. The fourth-order valence-corrected chi connectivity index (χ4v) is 6.77. The molecule has 2 aliphatic carbocycles. The summed E-state index contributed by atoms with van der Waals surface area (Å²) in [4.78, 5) is 26.5. The quantitative estimate of drug-likeness (QED) is 0.253. The van der Waals surface area contributed by atoms with Gasteiger partial charge < -0.3 is 39.7 Å². The minimum Gasteiger partial charge on any atom is -0.394 e. The first-order valence-corrected chi connectivity index (χ1v) is 15.3. The Morgan fingerprint density at radius 2 is 1.72 bits per heavy atom. The Kier molecular flexibility index (Phi) is 11.8. The molecule has 7 unspecified atom stereocenters. The molecule has 2 heterocycles. The van der Waals surface area contributed by atoms with Crippen molar-refractivity contribution in [2.45, 2.75) is 133 Å². The van der Waals surface area contributed by atoms with Gasteiger partial charge in [-0.2, -0.15) is 0 Å². The highest BCUT2D eigenvalue weighted by molar-refractivity contribution is 5.76. The van der Waals surface area contributed by atoms with E-state index in [-0.39, 0.29) is 17.9 Å². The average Bonchev–Trinajstić information content (AvgIpc) is 3.36. The summed E-state index contributed by atoms with van der Waals surface area (Å²) in [5, 5.41) is 32.4. The van der Waals surface area contributed by atoms with Gasteiger partial charge >= 0.3 is 0 Å². The van der Waals surface area contributed by atoms with E-state index in [1.807, 2.05) is 4.90 Å². The largest absolute Gasteiger partial charge is 0.394 e. The highest BCUT2D eigenvalue weighted by Crippen LogP contribution is 2.41. The Morgan fingerprint density at radius 1 is 0.949 bits per heavy atom. The number of nitrogens with one attached hydrogen (secondary N) is 1. The van der Waals surface area contributed by atoms with Crippen molar-refractivity contribution in [3.05, 3.63) is 0 Å². The van der Waals surface area contributed by atoms with Crippen LogP contribution in [0.3, 0.4) is 0 Å². The number of hydrogen-bond donors (Lipinski definition) is 4. The van der Waals surface area contributed by atoms with Crippen molar-refractivity contribution in [3.8, 4) is 0 Å². The van der Waals surface area contributed by atoms with Gasteiger partial charge in [-0.05, 0) is 56.8 Å². The van der Waals surface area contributed by atoms with E-state index in [2.05, 4.69) is 5.32 Å². The van der Waals surface area contributed by atoms with Crippen LogP contribution < -0.4 is 5.32 Å². The van der Waals surface area contributed by atoms with Crippen molar-refractivity contribution in [2.75, 3.05) is 26.4 Å². The normalized spacial score (nSPS) is 35.5. The number of ether oxygens (including phenoxy) is 3. The molecule has 0 bridgehead atoms. The van der Waals surface area contributed by atoms with Crippen LogP contribution in [0.2, 0.25) is 0 Å². The first kappa shape index (κ1) is 30.7. The predicted octanol–water partition coefficient (Wildman–Crippen LogP) is 1.87. The molecule has 2 aliphatic heterocycles. The summed E-state index contributed by atoms with van der Waals surface area (Å²) >= 11 is 0. The lowest BCUT2D eigenvalue weighted by atomic mass is 9.69. The molecule has 0 aromatic rings. The van der Waals surface area contributed by atoms with Crippen LogP contribution >= 0.6 is 0 Å². The van der Waals surface area contributed by atoms with Crippen LogP contribution in [0.25, 0.3) is 0 Å². The SMILES string of the molecule is CC(=O)NC1C(OCCCCCC(=O)N2CCC[C@H]2COC2CCCC(C3CCC3)C2)OC(CO)C(O)C1O. The van der Waals surface area contributed by atoms with Crippen LogP contribution in [0.15, 0.2) is 0 Å². The predicted molar refractivity (Wildman–Crippen MR) is 144 cm³/mol. The summed E-state index contributed by atoms with van der Waals surface area (Å²) in [5.41, 5.74) is 0. The van der Waals surface area contributed by atoms with Gasteiger partial charge in [-0.3, -0.25) is 9.59 Å². The van der Waals surface area contributed by atoms with Gasteiger partial charge in [-0.1, -0.05) is 32.1 Å². The Bertz CT molecular complexity index is 780. The number of carbonyl (C=O) groups is 2. The van der Waals surface area contributed by atoms with E-state index in [1.165, 1.54) is 45.4 Å². The minimum absolute atomic E-state index is 0.195. The fourth-order valence-electron chi connectivity index (χ4n) is 6.77. The monoisotopic (exact) mass is 554 g/mol. The number of unbranched alkanes of at least 4 members (excludes halogenated alkanes) is 2. The maximum absolute atomic E-state index is 13.0. The van der Waals surface area contributed by atoms with Crippen molar-refractivity contribution in [3.63, 3.8) is 0 Å². The molecule has 224 valence electrons. The van der Waals surface area contributed by atoms with Crippen molar-refractivity contribution in [1.29, 1.82) is 0 Å². The van der Waals surface area contributed by atoms with E-state index in [0.29, 0.717) is 32.2 Å². The number of rotatable bonds is 13. The zero-order valence-electron chi connectivity index (χ0n) is 23.5. The van der Waals surface area contributed by atoms with Crippen LogP contribution in [0, 0.1) is 11.8 Å². The highest BCUT2D eigenvalue weighted by atomic mass is 16.7. The smallest absolute Gasteiger partial charge is 0.222 e. The number of nitrogens with zero attached hydrogens (tertiary/aromatic N) is 1. The molecule has 10 heteroatoms. The Hall–Kier alpha value is -1.30. The molecule has 2 saturated carbocycles. The molecule has 4 fully saturated rings. The van der Waals surface area contributed by atoms with E-state index in [0.717, 1.165) is 50.5 Å². The van der Waals surface area contributed by atoms with Gasteiger partial charge in [-0.15, -0.1) is 0 Å². The second-order valence-electron chi connectivity index (χ2n) is 12.1. The van der Waals surface area contributed by atoms with Gasteiger partial charge in [0.1, 0.15) is 24.4 Å². The second kappa shape index (κ2) is 15.1. The van der Waals surface area contributed by atoms with Crippen LogP contribution in [-0.4, -0.2) is 101 Å². The molecule has 0 aromatic carbocycles. The van der Waals surface area contributed by atoms with Gasteiger partial charge in [0, 0.05) is 26.5 Å². The molecular weight excluding hydrogens is 504 g/mol. The number of hydrogen-bond acceptors (Lipinski definition) is 8. The zero-order chi connectivity index (χ0) is 27.8. The number of aliphatic hydroxyl groups is 3. The third-order valence-electron chi connectivity index (χ3n) is 9.27. The molecular formula is C29H50N2O8. The minimum atomic E-state index is -1.33. The first-order chi connectivity index (χ1) is 18.9. The van der Waals surface area contributed by atoms with E-state index in [4.69, 9.17) is 14.2 Å².